The van der Waals surface area contributed by atoms with Gasteiger partial charge < -0.3 is 5.73 Å². The van der Waals surface area contributed by atoms with Crippen LogP contribution in [0.2, 0.25) is 0 Å². The minimum atomic E-state index is -4.57. The molecule has 0 spiro atoms. The van der Waals surface area contributed by atoms with E-state index < -0.39 is 32.9 Å². The lowest BCUT2D eigenvalue weighted by Gasteiger charge is -2.23. The molecular formula is C14H20F3NO2S. The van der Waals surface area contributed by atoms with Gasteiger partial charge >= 0.3 is 6.18 Å². The van der Waals surface area contributed by atoms with Crippen LogP contribution in [0.4, 0.5) is 13.2 Å². The number of hydrogen-bond donors (Lipinski definition) is 1. The normalized spacial score (nSPS) is 15.7. The lowest BCUT2D eigenvalue weighted by Crippen LogP contribution is -2.40. The van der Waals surface area contributed by atoms with Gasteiger partial charge in [0.1, 0.15) is 0 Å². The number of halogens is 3. The molecule has 1 aromatic carbocycles. The lowest BCUT2D eigenvalue weighted by molar-refractivity contribution is -0.137. The van der Waals surface area contributed by atoms with Crippen molar-refractivity contribution in [2.75, 3.05) is 0 Å². The highest BCUT2D eigenvalue weighted by molar-refractivity contribution is 7.92. The van der Waals surface area contributed by atoms with Gasteiger partial charge in [-0.15, -0.1) is 0 Å². The van der Waals surface area contributed by atoms with Gasteiger partial charge in [-0.25, -0.2) is 8.42 Å². The Balaban J connectivity index is 3.23. The molecule has 7 heteroatoms. The molecule has 1 rings (SSSR count). The Hall–Kier alpha value is -1.08. The van der Waals surface area contributed by atoms with Crippen molar-refractivity contribution in [3.8, 4) is 0 Å². The van der Waals surface area contributed by atoms with Gasteiger partial charge in [0.2, 0.25) is 0 Å². The van der Waals surface area contributed by atoms with Gasteiger partial charge in [0, 0.05) is 6.04 Å². The molecular weight excluding hydrogens is 303 g/mol. The molecule has 2 unspecified atom stereocenters. The van der Waals surface area contributed by atoms with E-state index in [2.05, 4.69) is 0 Å². The second kappa shape index (κ2) is 6.79. The maximum Gasteiger partial charge on any atom is 0.416 e. The highest BCUT2D eigenvalue weighted by Crippen LogP contribution is 2.32. The molecule has 0 aliphatic heterocycles. The van der Waals surface area contributed by atoms with Gasteiger partial charge in [-0.2, -0.15) is 13.2 Å². The summed E-state index contributed by atoms with van der Waals surface area (Å²) in [5.74, 6) is 0. The van der Waals surface area contributed by atoms with Gasteiger partial charge in [0.05, 0.1) is 15.7 Å². The summed E-state index contributed by atoms with van der Waals surface area (Å²) in [6, 6.07) is 3.24. The molecule has 1 aromatic rings. The first-order chi connectivity index (χ1) is 9.64. The van der Waals surface area contributed by atoms with Crippen molar-refractivity contribution in [2.45, 2.75) is 55.5 Å². The van der Waals surface area contributed by atoms with Gasteiger partial charge in [0.15, 0.2) is 9.84 Å². The Morgan fingerprint density at radius 2 is 1.86 bits per heavy atom. The zero-order valence-corrected chi connectivity index (χ0v) is 12.8. The number of benzene rings is 1. The Bertz CT molecular complexity index is 570. The quantitative estimate of drug-likeness (QED) is 0.873. The molecule has 0 aromatic heterocycles. The fourth-order valence-corrected chi connectivity index (χ4v) is 4.24. The minimum Gasteiger partial charge on any atom is -0.327 e. The van der Waals surface area contributed by atoms with Crippen LogP contribution in [0.25, 0.3) is 0 Å². The predicted octanol–water partition coefficient (Wildman–Crippen LogP) is 3.39. The summed E-state index contributed by atoms with van der Waals surface area (Å²) in [7, 11) is -3.88. The average molecular weight is 323 g/mol. The molecule has 0 amide bonds. The molecule has 0 saturated heterocycles. The van der Waals surface area contributed by atoms with Crippen LogP contribution < -0.4 is 5.73 Å². The van der Waals surface area contributed by atoms with Crippen LogP contribution in [0.3, 0.4) is 0 Å². The summed E-state index contributed by atoms with van der Waals surface area (Å²) in [5, 5.41) is -0.874. The van der Waals surface area contributed by atoms with E-state index in [1.54, 1.807) is 6.92 Å². The summed E-state index contributed by atoms with van der Waals surface area (Å²) >= 11 is 0. The predicted molar refractivity (Wildman–Crippen MR) is 75.6 cm³/mol. The Morgan fingerprint density at radius 1 is 1.24 bits per heavy atom. The minimum absolute atomic E-state index is 0.264. The van der Waals surface area contributed by atoms with Gasteiger partial charge in [-0.1, -0.05) is 26.3 Å². The molecule has 0 aliphatic carbocycles. The summed E-state index contributed by atoms with van der Waals surface area (Å²) in [4.78, 5) is -0.323. The standard InChI is InChI=1S/C14H20F3NO2S/c1-3-6-12(18)13(4-2)21(19,20)11-8-5-7-10(9-11)14(15,16)17/h5,7-9,12-13H,3-4,6,18H2,1-2H3. The van der Waals surface area contributed by atoms with Gasteiger partial charge in [-0.3, -0.25) is 0 Å². The highest BCUT2D eigenvalue weighted by atomic mass is 32.2. The van der Waals surface area contributed by atoms with E-state index >= 15 is 0 Å². The molecule has 0 heterocycles. The van der Waals surface area contributed by atoms with Crippen LogP contribution >= 0.6 is 0 Å². The molecule has 120 valence electrons. The largest absolute Gasteiger partial charge is 0.416 e. The van der Waals surface area contributed by atoms with Gasteiger partial charge in [0.25, 0.3) is 0 Å². The van der Waals surface area contributed by atoms with E-state index in [1.165, 1.54) is 6.07 Å². The van der Waals surface area contributed by atoms with E-state index in [-0.39, 0.29) is 11.3 Å². The summed E-state index contributed by atoms with van der Waals surface area (Å²) < 4.78 is 63.1. The number of nitrogens with two attached hydrogens (primary N) is 1. The second-order valence-electron chi connectivity index (χ2n) is 4.97. The number of hydrogen-bond acceptors (Lipinski definition) is 3. The van der Waals surface area contributed by atoms with E-state index in [0.29, 0.717) is 12.5 Å². The van der Waals surface area contributed by atoms with Crippen LogP contribution in [0.15, 0.2) is 29.2 Å². The molecule has 21 heavy (non-hydrogen) atoms. The molecule has 3 nitrogen and oxygen atoms in total. The number of sulfone groups is 1. The molecule has 0 bridgehead atoms. The van der Waals surface area contributed by atoms with Crippen LogP contribution in [0, 0.1) is 0 Å². The van der Waals surface area contributed by atoms with Crippen molar-refractivity contribution in [1.29, 1.82) is 0 Å². The van der Waals surface area contributed by atoms with Gasteiger partial charge in [-0.05, 0) is 31.0 Å². The second-order valence-corrected chi connectivity index (χ2v) is 7.14. The van der Waals surface area contributed by atoms with Crippen molar-refractivity contribution < 1.29 is 21.6 Å². The van der Waals surface area contributed by atoms with Crippen LogP contribution in [-0.4, -0.2) is 19.7 Å². The molecule has 0 fully saturated rings. The number of rotatable bonds is 6. The summed E-state index contributed by atoms with van der Waals surface area (Å²) in [5.41, 5.74) is 4.91. The van der Waals surface area contributed by atoms with Crippen LogP contribution in [0.1, 0.15) is 38.7 Å². The van der Waals surface area contributed by atoms with Crippen LogP contribution in [0.5, 0.6) is 0 Å². The summed E-state index contributed by atoms with van der Waals surface area (Å²) in [6.45, 7) is 3.55. The topological polar surface area (TPSA) is 60.2 Å². The first-order valence-electron chi connectivity index (χ1n) is 6.81. The number of alkyl halides is 3. The Morgan fingerprint density at radius 3 is 2.33 bits per heavy atom. The maximum atomic E-state index is 12.7. The average Bonchev–Trinajstić information content (AvgIpc) is 2.38. The maximum absolute atomic E-state index is 12.7. The van der Waals surface area contributed by atoms with Crippen molar-refractivity contribution in [1.82, 2.24) is 0 Å². The molecule has 0 aliphatic rings. The van der Waals surface area contributed by atoms with Crippen molar-refractivity contribution >= 4 is 9.84 Å². The summed E-state index contributed by atoms with van der Waals surface area (Å²) in [6.07, 6.45) is -3.08. The zero-order valence-electron chi connectivity index (χ0n) is 12.0. The third-order valence-corrected chi connectivity index (χ3v) is 5.78. The SMILES string of the molecule is CCCC(N)C(CC)S(=O)(=O)c1cccc(C(F)(F)F)c1. The monoisotopic (exact) mass is 323 g/mol. The first kappa shape index (κ1) is 18.0. The van der Waals surface area contributed by atoms with E-state index in [1.807, 2.05) is 6.92 Å². The van der Waals surface area contributed by atoms with Crippen molar-refractivity contribution in [3.63, 3.8) is 0 Å². The highest BCUT2D eigenvalue weighted by Gasteiger charge is 2.35. The first-order valence-corrected chi connectivity index (χ1v) is 8.36. The lowest BCUT2D eigenvalue weighted by atomic mass is 10.1. The van der Waals surface area contributed by atoms with E-state index in [4.69, 9.17) is 5.73 Å². The third-order valence-electron chi connectivity index (χ3n) is 3.39. The molecule has 0 saturated carbocycles. The van der Waals surface area contributed by atoms with Crippen LogP contribution in [-0.2, 0) is 16.0 Å². The Kier molecular flexibility index (Phi) is 5.81. The van der Waals surface area contributed by atoms with E-state index in [9.17, 15) is 21.6 Å². The smallest absolute Gasteiger partial charge is 0.327 e. The molecule has 2 N–H and O–H groups in total. The molecule has 2 atom stereocenters. The third kappa shape index (κ3) is 4.20. The fourth-order valence-electron chi connectivity index (χ4n) is 2.30. The van der Waals surface area contributed by atoms with Crippen molar-refractivity contribution in [3.05, 3.63) is 29.8 Å². The van der Waals surface area contributed by atoms with Crippen molar-refractivity contribution in [2.24, 2.45) is 5.73 Å². The fraction of sp³-hybridized carbons (Fsp3) is 0.571. The molecule has 0 radical (unpaired) electrons. The Labute approximate surface area is 123 Å². The van der Waals surface area contributed by atoms with E-state index in [0.717, 1.165) is 18.6 Å². The zero-order chi connectivity index (χ0) is 16.3.